The molecule has 0 amide bonds. The highest BCUT2D eigenvalue weighted by Crippen LogP contribution is 1.97. The standard InChI is InChI=1S/C8H8N2O/c9-6-8(11)5-7-3-1-2-4-10-7/h1-4,8,11H,5H2/t8-/m1/s1. The third kappa shape index (κ3) is 2.36. The van der Waals surface area contributed by atoms with Gasteiger partial charge in [-0.2, -0.15) is 5.26 Å². The minimum absolute atomic E-state index is 0.303. The molecule has 0 fully saturated rings. The fraction of sp³-hybridized carbons (Fsp3) is 0.250. The predicted octanol–water partition coefficient (Wildman–Crippen LogP) is 0.509. The van der Waals surface area contributed by atoms with Gasteiger partial charge in [0, 0.05) is 18.3 Å². The number of rotatable bonds is 2. The third-order valence-electron chi connectivity index (χ3n) is 1.28. The molecule has 0 aliphatic heterocycles. The van der Waals surface area contributed by atoms with Crippen LogP contribution >= 0.6 is 0 Å². The summed E-state index contributed by atoms with van der Waals surface area (Å²) in [6.45, 7) is 0. The molecule has 0 aliphatic rings. The monoisotopic (exact) mass is 148 g/mol. The Morgan fingerprint density at radius 1 is 1.64 bits per heavy atom. The topological polar surface area (TPSA) is 56.9 Å². The predicted molar refractivity (Wildman–Crippen MR) is 39.6 cm³/mol. The lowest BCUT2D eigenvalue weighted by molar-refractivity contribution is 0.229. The van der Waals surface area contributed by atoms with Gasteiger partial charge in [-0.3, -0.25) is 4.98 Å². The van der Waals surface area contributed by atoms with Gasteiger partial charge in [0.25, 0.3) is 0 Å². The molecule has 0 saturated heterocycles. The first-order valence-corrected chi connectivity index (χ1v) is 3.30. The summed E-state index contributed by atoms with van der Waals surface area (Å²) >= 11 is 0. The molecule has 1 heterocycles. The van der Waals surface area contributed by atoms with E-state index >= 15 is 0 Å². The van der Waals surface area contributed by atoms with Crippen molar-refractivity contribution in [1.82, 2.24) is 4.98 Å². The van der Waals surface area contributed by atoms with E-state index in [0.29, 0.717) is 6.42 Å². The van der Waals surface area contributed by atoms with Crippen molar-refractivity contribution in [3.05, 3.63) is 30.1 Å². The molecule has 0 bridgehead atoms. The first-order valence-electron chi connectivity index (χ1n) is 3.30. The molecule has 1 aromatic rings. The van der Waals surface area contributed by atoms with Crippen LogP contribution in [0, 0.1) is 11.3 Å². The Bertz CT molecular complexity index is 253. The summed E-state index contributed by atoms with van der Waals surface area (Å²) in [7, 11) is 0. The van der Waals surface area contributed by atoms with Crippen molar-refractivity contribution in [3.8, 4) is 6.07 Å². The Kier molecular flexibility index (Phi) is 2.59. The van der Waals surface area contributed by atoms with Crippen molar-refractivity contribution in [2.24, 2.45) is 0 Å². The Balaban J connectivity index is 2.60. The smallest absolute Gasteiger partial charge is 0.146 e. The SMILES string of the molecule is N#C[C@H](O)Cc1ccccn1. The Labute approximate surface area is 64.9 Å². The first kappa shape index (κ1) is 7.70. The van der Waals surface area contributed by atoms with Gasteiger partial charge in [-0.1, -0.05) is 6.07 Å². The van der Waals surface area contributed by atoms with Crippen LogP contribution in [0.25, 0.3) is 0 Å². The molecular weight excluding hydrogens is 140 g/mol. The van der Waals surface area contributed by atoms with Crippen LogP contribution in [-0.4, -0.2) is 16.2 Å². The van der Waals surface area contributed by atoms with Gasteiger partial charge in [-0.15, -0.1) is 0 Å². The fourth-order valence-corrected chi connectivity index (χ4v) is 0.763. The fourth-order valence-electron chi connectivity index (χ4n) is 0.763. The lowest BCUT2D eigenvalue weighted by Gasteiger charge is -1.98. The zero-order chi connectivity index (χ0) is 8.10. The van der Waals surface area contributed by atoms with Gasteiger partial charge >= 0.3 is 0 Å². The largest absolute Gasteiger partial charge is 0.378 e. The second-order valence-electron chi connectivity index (χ2n) is 2.17. The Hall–Kier alpha value is -1.40. The van der Waals surface area contributed by atoms with E-state index in [1.807, 2.05) is 6.07 Å². The lowest BCUT2D eigenvalue weighted by Crippen LogP contribution is -2.07. The van der Waals surface area contributed by atoms with Crippen LogP contribution in [0.5, 0.6) is 0 Å². The number of pyridine rings is 1. The Morgan fingerprint density at radius 2 is 2.45 bits per heavy atom. The second kappa shape index (κ2) is 3.69. The van der Waals surface area contributed by atoms with E-state index in [2.05, 4.69) is 4.98 Å². The molecule has 0 spiro atoms. The lowest BCUT2D eigenvalue weighted by atomic mass is 10.2. The minimum Gasteiger partial charge on any atom is -0.378 e. The summed E-state index contributed by atoms with van der Waals surface area (Å²) in [5, 5.41) is 17.2. The average Bonchev–Trinajstić information content (AvgIpc) is 2.06. The zero-order valence-corrected chi connectivity index (χ0v) is 5.94. The average molecular weight is 148 g/mol. The van der Waals surface area contributed by atoms with Crippen LogP contribution in [-0.2, 0) is 6.42 Å². The van der Waals surface area contributed by atoms with E-state index < -0.39 is 6.10 Å². The molecule has 0 radical (unpaired) electrons. The zero-order valence-electron chi connectivity index (χ0n) is 5.94. The van der Waals surface area contributed by atoms with Gasteiger partial charge in [0.05, 0.1) is 6.07 Å². The van der Waals surface area contributed by atoms with Crippen LogP contribution in [0.3, 0.4) is 0 Å². The van der Waals surface area contributed by atoms with Gasteiger partial charge in [0.15, 0.2) is 0 Å². The highest BCUT2D eigenvalue weighted by Gasteiger charge is 2.02. The van der Waals surface area contributed by atoms with Crippen molar-refractivity contribution in [1.29, 1.82) is 5.26 Å². The van der Waals surface area contributed by atoms with E-state index in [1.54, 1.807) is 24.4 Å². The number of hydrogen-bond donors (Lipinski definition) is 1. The van der Waals surface area contributed by atoms with Gasteiger partial charge in [0.1, 0.15) is 6.10 Å². The summed E-state index contributed by atoms with van der Waals surface area (Å²) in [6.07, 6.45) is 1.00. The molecule has 1 rings (SSSR count). The van der Waals surface area contributed by atoms with Crippen molar-refractivity contribution in [2.75, 3.05) is 0 Å². The van der Waals surface area contributed by atoms with Crippen molar-refractivity contribution >= 4 is 0 Å². The number of hydrogen-bond acceptors (Lipinski definition) is 3. The molecule has 0 unspecified atom stereocenters. The van der Waals surface area contributed by atoms with Gasteiger partial charge < -0.3 is 5.11 Å². The number of aromatic nitrogens is 1. The van der Waals surface area contributed by atoms with Crippen molar-refractivity contribution < 1.29 is 5.11 Å². The summed E-state index contributed by atoms with van der Waals surface area (Å²) in [5.41, 5.74) is 0.738. The van der Waals surface area contributed by atoms with Crippen LogP contribution < -0.4 is 0 Å². The molecule has 56 valence electrons. The van der Waals surface area contributed by atoms with Crippen molar-refractivity contribution in [3.63, 3.8) is 0 Å². The molecule has 1 N–H and O–H groups in total. The second-order valence-corrected chi connectivity index (χ2v) is 2.17. The molecule has 1 atom stereocenters. The normalized spacial score (nSPS) is 12.0. The highest BCUT2D eigenvalue weighted by molar-refractivity contribution is 5.06. The first-order chi connectivity index (χ1) is 5.33. The molecule has 11 heavy (non-hydrogen) atoms. The summed E-state index contributed by atoms with van der Waals surface area (Å²) in [4.78, 5) is 3.96. The maximum Gasteiger partial charge on any atom is 0.146 e. The van der Waals surface area contributed by atoms with E-state index in [4.69, 9.17) is 10.4 Å². The maximum atomic E-state index is 8.91. The number of aliphatic hydroxyl groups is 1. The summed E-state index contributed by atoms with van der Waals surface area (Å²) in [5.74, 6) is 0. The van der Waals surface area contributed by atoms with Gasteiger partial charge in [-0.05, 0) is 12.1 Å². The molecule has 3 heteroatoms. The van der Waals surface area contributed by atoms with Crippen molar-refractivity contribution in [2.45, 2.75) is 12.5 Å². The maximum absolute atomic E-state index is 8.91. The van der Waals surface area contributed by atoms with E-state index in [-0.39, 0.29) is 0 Å². The Morgan fingerprint density at radius 3 is 3.00 bits per heavy atom. The number of aliphatic hydroxyl groups excluding tert-OH is 1. The number of nitrogens with zero attached hydrogens (tertiary/aromatic N) is 2. The molecule has 1 aromatic heterocycles. The molecule has 0 aromatic carbocycles. The van der Waals surface area contributed by atoms with Crippen LogP contribution in [0.4, 0.5) is 0 Å². The van der Waals surface area contributed by atoms with E-state index in [0.717, 1.165) is 5.69 Å². The minimum atomic E-state index is -0.940. The van der Waals surface area contributed by atoms with Gasteiger partial charge in [0.2, 0.25) is 0 Å². The van der Waals surface area contributed by atoms with E-state index in [9.17, 15) is 0 Å². The summed E-state index contributed by atoms with van der Waals surface area (Å²) in [6, 6.07) is 7.13. The third-order valence-corrected chi connectivity index (χ3v) is 1.28. The van der Waals surface area contributed by atoms with Crippen LogP contribution in [0.15, 0.2) is 24.4 Å². The van der Waals surface area contributed by atoms with Gasteiger partial charge in [-0.25, -0.2) is 0 Å². The van der Waals surface area contributed by atoms with E-state index in [1.165, 1.54) is 0 Å². The molecular formula is C8H8N2O. The molecule has 3 nitrogen and oxygen atoms in total. The molecule has 0 saturated carbocycles. The quantitative estimate of drug-likeness (QED) is 0.621. The summed E-state index contributed by atoms with van der Waals surface area (Å²) < 4.78 is 0. The highest BCUT2D eigenvalue weighted by atomic mass is 16.3. The molecule has 0 aliphatic carbocycles. The number of nitriles is 1. The van der Waals surface area contributed by atoms with Crippen LogP contribution in [0.2, 0.25) is 0 Å². The van der Waals surface area contributed by atoms with Crippen LogP contribution in [0.1, 0.15) is 5.69 Å².